The first kappa shape index (κ1) is 17.0. The van der Waals surface area contributed by atoms with Gasteiger partial charge in [0.15, 0.2) is 0 Å². The number of urea groups is 1. The van der Waals surface area contributed by atoms with Gasteiger partial charge in [-0.15, -0.1) is 0 Å². The Kier molecular flexibility index (Phi) is 6.17. The van der Waals surface area contributed by atoms with Crippen molar-refractivity contribution in [2.24, 2.45) is 0 Å². The number of nitrogens with zero attached hydrogens (tertiary/aromatic N) is 2. The summed E-state index contributed by atoms with van der Waals surface area (Å²) in [6, 6.07) is 9.62. The molecule has 2 aromatic rings. The second-order valence-corrected chi connectivity index (χ2v) is 5.62. The quantitative estimate of drug-likeness (QED) is 0.732. The van der Waals surface area contributed by atoms with Crippen molar-refractivity contribution < 1.29 is 9.90 Å². The molecule has 0 aliphatic heterocycles. The number of rotatable bonds is 7. The van der Waals surface area contributed by atoms with E-state index in [0.717, 1.165) is 23.4 Å². The van der Waals surface area contributed by atoms with E-state index in [4.69, 9.17) is 5.11 Å². The van der Waals surface area contributed by atoms with Crippen LogP contribution in [-0.4, -0.2) is 33.6 Å². The largest absolute Gasteiger partial charge is 0.396 e. The van der Waals surface area contributed by atoms with Gasteiger partial charge in [0.05, 0.1) is 11.4 Å². The van der Waals surface area contributed by atoms with E-state index in [9.17, 15) is 4.79 Å². The zero-order valence-electron chi connectivity index (χ0n) is 13.6. The molecule has 0 saturated heterocycles. The highest BCUT2D eigenvalue weighted by Gasteiger charge is 2.09. The van der Waals surface area contributed by atoms with E-state index in [1.54, 1.807) is 0 Å². The maximum atomic E-state index is 11.9. The Morgan fingerprint density at radius 3 is 2.83 bits per heavy atom. The average Bonchev–Trinajstić information content (AvgIpc) is 2.97. The Bertz CT molecular complexity index is 639. The molecule has 6 heteroatoms. The summed E-state index contributed by atoms with van der Waals surface area (Å²) < 4.78 is 1.81. The van der Waals surface area contributed by atoms with E-state index in [1.807, 2.05) is 55.1 Å². The van der Waals surface area contributed by atoms with Crippen molar-refractivity contribution in [1.29, 1.82) is 0 Å². The van der Waals surface area contributed by atoms with Gasteiger partial charge in [0.2, 0.25) is 0 Å². The summed E-state index contributed by atoms with van der Waals surface area (Å²) in [6.45, 7) is 4.44. The van der Waals surface area contributed by atoms with Crippen molar-refractivity contribution in [3.63, 3.8) is 0 Å². The van der Waals surface area contributed by atoms with Gasteiger partial charge in [-0.2, -0.15) is 5.10 Å². The van der Waals surface area contributed by atoms with Crippen LogP contribution in [0.25, 0.3) is 5.69 Å². The molecule has 2 rings (SSSR count). The number of aliphatic hydroxyl groups excluding tert-OH is 1. The number of carbonyl (C=O) groups is 1. The van der Waals surface area contributed by atoms with Crippen LogP contribution in [0.5, 0.6) is 0 Å². The Morgan fingerprint density at radius 1 is 1.35 bits per heavy atom. The number of nitrogens with one attached hydrogen (secondary N) is 2. The fourth-order valence-electron chi connectivity index (χ4n) is 2.35. The summed E-state index contributed by atoms with van der Waals surface area (Å²) in [7, 11) is 0. The van der Waals surface area contributed by atoms with Crippen LogP contribution < -0.4 is 10.6 Å². The predicted octanol–water partition coefficient (Wildman–Crippen LogP) is 2.14. The topological polar surface area (TPSA) is 79.2 Å². The summed E-state index contributed by atoms with van der Waals surface area (Å²) in [5.74, 6) is 0. The lowest BCUT2D eigenvalue weighted by molar-refractivity contribution is 0.234. The van der Waals surface area contributed by atoms with Gasteiger partial charge in [-0.3, -0.25) is 0 Å². The second kappa shape index (κ2) is 8.33. The van der Waals surface area contributed by atoms with Gasteiger partial charge in [0, 0.05) is 25.4 Å². The number of aliphatic hydroxyl groups is 1. The number of amides is 2. The number of benzene rings is 1. The molecule has 3 N–H and O–H groups in total. The van der Waals surface area contributed by atoms with Crippen LogP contribution in [-0.2, 0) is 6.54 Å². The number of hydrogen-bond acceptors (Lipinski definition) is 3. The zero-order chi connectivity index (χ0) is 16.7. The molecule has 124 valence electrons. The third-order valence-corrected chi connectivity index (χ3v) is 3.57. The first-order valence-corrected chi connectivity index (χ1v) is 7.86. The molecule has 1 unspecified atom stereocenters. The summed E-state index contributed by atoms with van der Waals surface area (Å²) in [5.41, 5.74) is 2.89. The SMILES string of the molecule is Cc1ccn(-c2ccccc2CNC(=O)NC(C)CCCO)n1. The van der Waals surface area contributed by atoms with Crippen molar-refractivity contribution in [3.8, 4) is 5.69 Å². The molecule has 1 aromatic heterocycles. The summed E-state index contributed by atoms with van der Waals surface area (Å²) in [4.78, 5) is 11.9. The van der Waals surface area contributed by atoms with Crippen molar-refractivity contribution in [1.82, 2.24) is 20.4 Å². The van der Waals surface area contributed by atoms with Crippen LogP contribution in [0.2, 0.25) is 0 Å². The fourth-order valence-corrected chi connectivity index (χ4v) is 2.35. The molecule has 0 aliphatic rings. The van der Waals surface area contributed by atoms with Gasteiger partial charge in [-0.25, -0.2) is 9.48 Å². The number of para-hydroxylation sites is 1. The molecule has 2 amide bonds. The number of hydrogen-bond donors (Lipinski definition) is 3. The molecule has 0 aliphatic carbocycles. The molecule has 0 bridgehead atoms. The van der Waals surface area contributed by atoms with E-state index in [1.165, 1.54) is 0 Å². The van der Waals surface area contributed by atoms with Crippen LogP contribution in [0.1, 0.15) is 31.0 Å². The Balaban J connectivity index is 1.95. The first-order valence-electron chi connectivity index (χ1n) is 7.86. The molecular formula is C17H24N4O2. The lowest BCUT2D eigenvalue weighted by Crippen LogP contribution is -2.40. The second-order valence-electron chi connectivity index (χ2n) is 5.62. The minimum absolute atomic E-state index is 0.0335. The lowest BCUT2D eigenvalue weighted by atomic mass is 10.1. The molecule has 1 heterocycles. The standard InChI is InChI=1S/C17H24N4O2/c1-13(6-5-11-22)19-17(23)18-12-15-7-3-4-8-16(15)21-10-9-14(2)20-21/h3-4,7-10,13,22H,5-6,11-12H2,1-2H3,(H2,18,19,23). The minimum Gasteiger partial charge on any atom is -0.396 e. The van der Waals surface area contributed by atoms with E-state index >= 15 is 0 Å². The van der Waals surface area contributed by atoms with Gasteiger partial charge in [-0.05, 0) is 44.4 Å². The highest BCUT2D eigenvalue weighted by atomic mass is 16.3. The van der Waals surface area contributed by atoms with E-state index < -0.39 is 0 Å². The van der Waals surface area contributed by atoms with E-state index in [2.05, 4.69) is 15.7 Å². The van der Waals surface area contributed by atoms with Crippen molar-refractivity contribution in [2.45, 2.75) is 39.3 Å². The van der Waals surface area contributed by atoms with Gasteiger partial charge in [0.1, 0.15) is 0 Å². The number of aryl methyl sites for hydroxylation is 1. The van der Waals surface area contributed by atoms with Crippen molar-refractivity contribution in [2.75, 3.05) is 6.61 Å². The third-order valence-electron chi connectivity index (χ3n) is 3.57. The van der Waals surface area contributed by atoms with Gasteiger partial charge in [0.25, 0.3) is 0 Å². The van der Waals surface area contributed by atoms with Crippen LogP contribution in [0.3, 0.4) is 0 Å². The first-order chi connectivity index (χ1) is 11.1. The summed E-state index contributed by atoms with van der Waals surface area (Å²) in [5, 5.41) is 19.0. The van der Waals surface area contributed by atoms with E-state index in [0.29, 0.717) is 13.0 Å². The Hall–Kier alpha value is -2.34. The van der Waals surface area contributed by atoms with Crippen LogP contribution in [0, 0.1) is 6.92 Å². The fraction of sp³-hybridized carbons (Fsp3) is 0.412. The molecule has 0 saturated carbocycles. The molecule has 0 radical (unpaired) electrons. The minimum atomic E-state index is -0.207. The predicted molar refractivity (Wildman–Crippen MR) is 89.5 cm³/mol. The van der Waals surface area contributed by atoms with Crippen LogP contribution in [0.4, 0.5) is 4.79 Å². The maximum absolute atomic E-state index is 11.9. The third kappa shape index (κ3) is 5.10. The van der Waals surface area contributed by atoms with Gasteiger partial charge in [-0.1, -0.05) is 18.2 Å². The van der Waals surface area contributed by atoms with Gasteiger partial charge >= 0.3 is 6.03 Å². The highest BCUT2D eigenvalue weighted by molar-refractivity contribution is 5.74. The lowest BCUT2D eigenvalue weighted by Gasteiger charge is -2.15. The normalized spacial score (nSPS) is 12.0. The van der Waals surface area contributed by atoms with Crippen molar-refractivity contribution >= 4 is 6.03 Å². The number of aromatic nitrogens is 2. The van der Waals surface area contributed by atoms with E-state index in [-0.39, 0.29) is 18.7 Å². The zero-order valence-corrected chi connectivity index (χ0v) is 13.6. The van der Waals surface area contributed by atoms with Crippen LogP contribution in [0.15, 0.2) is 36.5 Å². The molecule has 6 nitrogen and oxygen atoms in total. The molecule has 23 heavy (non-hydrogen) atoms. The Morgan fingerprint density at radius 2 is 2.13 bits per heavy atom. The smallest absolute Gasteiger partial charge is 0.315 e. The van der Waals surface area contributed by atoms with Crippen molar-refractivity contribution in [3.05, 3.63) is 47.8 Å². The monoisotopic (exact) mass is 316 g/mol. The highest BCUT2D eigenvalue weighted by Crippen LogP contribution is 2.14. The molecule has 1 atom stereocenters. The average molecular weight is 316 g/mol. The van der Waals surface area contributed by atoms with Crippen LogP contribution >= 0.6 is 0 Å². The Labute approximate surface area is 136 Å². The maximum Gasteiger partial charge on any atom is 0.315 e. The molecule has 0 spiro atoms. The summed E-state index contributed by atoms with van der Waals surface area (Å²) in [6.07, 6.45) is 3.35. The molecule has 1 aromatic carbocycles. The molecule has 0 fully saturated rings. The van der Waals surface area contributed by atoms with Gasteiger partial charge < -0.3 is 15.7 Å². The molecular weight excluding hydrogens is 292 g/mol. The number of carbonyl (C=O) groups excluding carboxylic acids is 1. The summed E-state index contributed by atoms with van der Waals surface area (Å²) >= 11 is 0.